The molecule has 0 atom stereocenters. The van der Waals surface area contributed by atoms with Crippen molar-refractivity contribution in [3.05, 3.63) is 82.2 Å². The largest absolute Gasteiger partial charge is 0.348 e. The van der Waals surface area contributed by atoms with Gasteiger partial charge in [0.2, 0.25) is 0 Å². The van der Waals surface area contributed by atoms with Crippen LogP contribution in [-0.4, -0.2) is 15.9 Å². The molecular weight excluding hydrogens is 380 g/mol. The van der Waals surface area contributed by atoms with E-state index >= 15 is 0 Å². The summed E-state index contributed by atoms with van der Waals surface area (Å²) in [4.78, 5) is 20.6. The Morgan fingerprint density at radius 2 is 1.88 bits per heavy atom. The molecule has 6 heteroatoms. The van der Waals surface area contributed by atoms with Crippen LogP contribution in [0.4, 0.5) is 11.5 Å². The van der Waals surface area contributed by atoms with Gasteiger partial charge in [0.15, 0.2) is 0 Å². The molecule has 2 N–H and O–H groups in total. The Morgan fingerprint density at radius 3 is 2.64 bits per heavy atom. The van der Waals surface area contributed by atoms with Gasteiger partial charge in [-0.1, -0.05) is 22.0 Å². The summed E-state index contributed by atoms with van der Waals surface area (Å²) in [6.45, 7) is 2.48. The molecule has 1 aromatic carbocycles. The van der Waals surface area contributed by atoms with E-state index in [2.05, 4.69) is 36.5 Å². The first kappa shape index (κ1) is 17.1. The summed E-state index contributed by atoms with van der Waals surface area (Å²) in [6.07, 6.45) is 5.03. The fraction of sp³-hybridized carbons (Fsp3) is 0.105. The van der Waals surface area contributed by atoms with E-state index < -0.39 is 0 Å². The Bertz CT molecular complexity index is 884. The second-order valence-corrected chi connectivity index (χ2v) is 6.41. The Labute approximate surface area is 154 Å². The lowest BCUT2D eigenvalue weighted by Crippen LogP contribution is -2.22. The number of rotatable bonds is 5. The monoisotopic (exact) mass is 396 g/mol. The maximum absolute atomic E-state index is 12.3. The van der Waals surface area contributed by atoms with Gasteiger partial charge in [-0.2, -0.15) is 0 Å². The van der Waals surface area contributed by atoms with Crippen molar-refractivity contribution in [1.29, 1.82) is 0 Å². The first-order valence-corrected chi connectivity index (χ1v) is 8.57. The SMILES string of the molecule is Cc1ccc(Nc2cc(C(=O)NCc3ccncc3)ccn2)cc1Br. The third-order valence-electron chi connectivity index (χ3n) is 3.67. The average molecular weight is 397 g/mol. The van der Waals surface area contributed by atoms with Gasteiger partial charge >= 0.3 is 0 Å². The predicted molar refractivity (Wildman–Crippen MR) is 102 cm³/mol. The summed E-state index contributed by atoms with van der Waals surface area (Å²) >= 11 is 3.51. The summed E-state index contributed by atoms with van der Waals surface area (Å²) in [7, 11) is 0. The molecule has 0 saturated heterocycles. The Hall–Kier alpha value is -2.73. The highest BCUT2D eigenvalue weighted by molar-refractivity contribution is 9.10. The summed E-state index contributed by atoms with van der Waals surface area (Å²) in [5.41, 5.74) is 3.61. The summed E-state index contributed by atoms with van der Waals surface area (Å²) in [6, 6.07) is 13.1. The maximum Gasteiger partial charge on any atom is 0.251 e. The van der Waals surface area contributed by atoms with Crippen molar-refractivity contribution in [2.75, 3.05) is 5.32 Å². The fourth-order valence-corrected chi connectivity index (χ4v) is 2.62. The van der Waals surface area contributed by atoms with Gasteiger partial charge in [0.05, 0.1) is 0 Å². The van der Waals surface area contributed by atoms with Crippen molar-refractivity contribution >= 4 is 33.3 Å². The average Bonchev–Trinajstić information content (AvgIpc) is 2.64. The number of carbonyl (C=O) groups is 1. The van der Waals surface area contributed by atoms with Gasteiger partial charge < -0.3 is 10.6 Å². The van der Waals surface area contributed by atoms with Crippen LogP contribution < -0.4 is 10.6 Å². The van der Waals surface area contributed by atoms with Crippen LogP contribution in [0.3, 0.4) is 0 Å². The molecule has 1 amide bonds. The minimum Gasteiger partial charge on any atom is -0.348 e. The lowest BCUT2D eigenvalue weighted by Gasteiger charge is -2.09. The molecule has 3 rings (SSSR count). The Morgan fingerprint density at radius 1 is 1.08 bits per heavy atom. The third kappa shape index (κ3) is 4.64. The smallest absolute Gasteiger partial charge is 0.251 e. The zero-order valence-corrected chi connectivity index (χ0v) is 15.2. The van der Waals surface area contributed by atoms with E-state index in [1.165, 1.54) is 0 Å². The topological polar surface area (TPSA) is 66.9 Å². The number of hydrogen-bond acceptors (Lipinski definition) is 4. The fourth-order valence-electron chi connectivity index (χ4n) is 2.24. The van der Waals surface area contributed by atoms with E-state index in [1.54, 1.807) is 30.7 Å². The van der Waals surface area contributed by atoms with Crippen molar-refractivity contribution in [3.63, 3.8) is 0 Å². The van der Waals surface area contributed by atoms with E-state index in [1.807, 2.05) is 37.3 Å². The maximum atomic E-state index is 12.3. The first-order chi connectivity index (χ1) is 12.1. The lowest BCUT2D eigenvalue weighted by atomic mass is 10.2. The van der Waals surface area contributed by atoms with Crippen LogP contribution in [0.1, 0.15) is 21.5 Å². The Balaban J connectivity index is 1.68. The van der Waals surface area contributed by atoms with Crippen LogP contribution in [-0.2, 0) is 6.54 Å². The van der Waals surface area contributed by atoms with Crippen LogP contribution in [0.2, 0.25) is 0 Å². The molecule has 2 heterocycles. The van der Waals surface area contributed by atoms with Crippen molar-refractivity contribution < 1.29 is 4.79 Å². The van der Waals surface area contributed by atoms with Crippen LogP contribution in [0.15, 0.2) is 65.5 Å². The van der Waals surface area contributed by atoms with Crippen molar-refractivity contribution in [1.82, 2.24) is 15.3 Å². The second-order valence-electron chi connectivity index (χ2n) is 5.56. The molecule has 0 aliphatic heterocycles. The van der Waals surface area contributed by atoms with Gasteiger partial charge in [-0.3, -0.25) is 9.78 Å². The molecule has 0 saturated carbocycles. The Kier molecular flexibility index (Phi) is 5.40. The zero-order chi connectivity index (χ0) is 17.6. The standard InChI is InChI=1S/C19H17BrN4O/c1-13-2-3-16(11-17(13)20)24-18-10-15(6-9-22-18)19(25)23-12-14-4-7-21-8-5-14/h2-11H,12H2,1H3,(H,22,24)(H,23,25). The van der Waals surface area contributed by atoms with E-state index in [0.717, 1.165) is 21.3 Å². The van der Waals surface area contributed by atoms with Gasteiger partial charge in [0.1, 0.15) is 5.82 Å². The lowest BCUT2D eigenvalue weighted by molar-refractivity contribution is 0.0951. The summed E-state index contributed by atoms with van der Waals surface area (Å²) < 4.78 is 1.02. The number of halogens is 1. The molecule has 0 unspecified atom stereocenters. The molecule has 0 spiro atoms. The number of anilines is 2. The number of nitrogens with one attached hydrogen (secondary N) is 2. The van der Waals surface area contributed by atoms with Gasteiger partial charge in [0, 0.05) is 40.9 Å². The van der Waals surface area contributed by atoms with E-state index in [-0.39, 0.29) is 5.91 Å². The summed E-state index contributed by atoms with van der Waals surface area (Å²) in [5.74, 6) is 0.472. The number of benzene rings is 1. The minimum absolute atomic E-state index is 0.146. The minimum atomic E-state index is -0.146. The highest BCUT2D eigenvalue weighted by Crippen LogP contribution is 2.23. The van der Waals surface area contributed by atoms with Gasteiger partial charge in [-0.25, -0.2) is 4.98 Å². The van der Waals surface area contributed by atoms with Crippen molar-refractivity contribution in [3.8, 4) is 0 Å². The molecule has 0 bridgehead atoms. The first-order valence-electron chi connectivity index (χ1n) is 7.78. The number of hydrogen-bond donors (Lipinski definition) is 2. The molecule has 5 nitrogen and oxygen atoms in total. The van der Waals surface area contributed by atoms with Gasteiger partial charge in [0.25, 0.3) is 5.91 Å². The van der Waals surface area contributed by atoms with Crippen LogP contribution in [0, 0.1) is 6.92 Å². The highest BCUT2D eigenvalue weighted by atomic mass is 79.9. The number of aryl methyl sites for hydroxylation is 1. The predicted octanol–water partition coefficient (Wildman–Crippen LogP) is 4.22. The highest BCUT2D eigenvalue weighted by Gasteiger charge is 2.07. The molecule has 0 fully saturated rings. The van der Waals surface area contributed by atoms with E-state index in [0.29, 0.717) is 17.9 Å². The second kappa shape index (κ2) is 7.90. The van der Waals surface area contributed by atoms with Crippen molar-refractivity contribution in [2.24, 2.45) is 0 Å². The molecule has 2 aromatic heterocycles. The van der Waals surface area contributed by atoms with Crippen LogP contribution in [0.5, 0.6) is 0 Å². The number of pyridine rings is 2. The van der Waals surface area contributed by atoms with Crippen LogP contribution in [0.25, 0.3) is 0 Å². The third-order valence-corrected chi connectivity index (χ3v) is 4.52. The van der Waals surface area contributed by atoms with Gasteiger partial charge in [-0.05, 0) is 54.4 Å². The number of nitrogens with zero attached hydrogens (tertiary/aromatic N) is 2. The number of aromatic nitrogens is 2. The molecule has 126 valence electrons. The normalized spacial score (nSPS) is 10.3. The molecule has 0 aliphatic rings. The number of carbonyl (C=O) groups excluding carboxylic acids is 1. The van der Waals surface area contributed by atoms with Crippen LogP contribution >= 0.6 is 15.9 Å². The molecule has 25 heavy (non-hydrogen) atoms. The summed E-state index contributed by atoms with van der Waals surface area (Å²) in [5, 5.41) is 6.10. The molecule has 0 radical (unpaired) electrons. The van der Waals surface area contributed by atoms with E-state index in [4.69, 9.17) is 0 Å². The van der Waals surface area contributed by atoms with Crippen molar-refractivity contribution in [2.45, 2.75) is 13.5 Å². The molecule has 3 aromatic rings. The zero-order valence-electron chi connectivity index (χ0n) is 13.7. The molecular formula is C19H17BrN4O. The number of amides is 1. The van der Waals surface area contributed by atoms with E-state index in [9.17, 15) is 4.79 Å². The molecule has 0 aliphatic carbocycles. The quantitative estimate of drug-likeness (QED) is 0.677. The van der Waals surface area contributed by atoms with Gasteiger partial charge in [-0.15, -0.1) is 0 Å².